The molecule has 0 saturated carbocycles. The Bertz CT molecular complexity index is 843. The number of carboxylic acid groups (broad SMARTS) is 1. The second-order valence-corrected chi connectivity index (χ2v) is 6.97. The summed E-state index contributed by atoms with van der Waals surface area (Å²) < 4.78 is 0. The van der Waals surface area contributed by atoms with Crippen LogP contribution in [0.1, 0.15) is 17.5 Å². The first-order valence-electron chi connectivity index (χ1n) is 10.6. The maximum absolute atomic E-state index is 10.7. The molecule has 0 aliphatic carbocycles. The first kappa shape index (κ1) is 23.9. The third-order valence-electron chi connectivity index (χ3n) is 4.53. The minimum absolute atomic E-state index is 0.0811. The smallest absolute Gasteiger partial charge is 0.307 e. The quantitative estimate of drug-likeness (QED) is 0.350. The lowest BCUT2D eigenvalue weighted by Gasteiger charge is -2.10. The number of benzene rings is 2. The van der Waals surface area contributed by atoms with Gasteiger partial charge in [-0.15, -0.1) is 0 Å². The zero-order valence-corrected chi connectivity index (χ0v) is 18.1. The number of rotatable bonds is 11. The van der Waals surface area contributed by atoms with Crippen LogP contribution in [0.25, 0.3) is 0 Å². The van der Waals surface area contributed by atoms with Crippen LogP contribution in [-0.2, 0) is 17.6 Å². The Labute approximate surface area is 184 Å². The van der Waals surface area contributed by atoms with Crippen molar-refractivity contribution in [3.8, 4) is 0 Å². The fourth-order valence-electron chi connectivity index (χ4n) is 2.92. The van der Waals surface area contributed by atoms with Crippen molar-refractivity contribution in [3.05, 3.63) is 90.1 Å². The fraction of sp³-hybridized carbons (Fsp3) is 0.280. The molecule has 0 fully saturated rings. The molecule has 0 saturated heterocycles. The predicted molar refractivity (Wildman–Crippen MR) is 128 cm³/mol. The van der Waals surface area contributed by atoms with Crippen LogP contribution in [0.15, 0.2) is 79.0 Å². The van der Waals surface area contributed by atoms with Crippen molar-refractivity contribution in [1.29, 1.82) is 0 Å². The summed E-state index contributed by atoms with van der Waals surface area (Å²) in [6.07, 6.45) is 3.81. The Hall–Kier alpha value is -3.38. The van der Waals surface area contributed by atoms with Crippen molar-refractivity contribution in [1.82, 2.24) is 10.3 Å². The van der Waals surface area contributed by atoms with Crippen molar-refractivity contribution in [2.75, 3.05) is 37.3 Å². The van der Waals surface area contributed by atoms with Gasteiger partial charge in [0.05, 0.1) is 12.1 Å². The van der Waals surface area contributed by atoms with E-state index in [-0.39, 0.29) is 6.42 Å². The SMILES string of the molecule is CNc1ncccc1NCCCNCCc1ccc(CC(=O)O)cc1.c1ccccc1. The third-order valence-corrected chi connectivity index (χ3v) is 4.53. The molecule has 0 radical (unpaired) electrons. The standard InChI is InChI=1S/C19H26N4O2.C6H6/c1-20-19-17(4-2-11-23-19)22-12-3-10-21-13-9-15-5-7-16(8-6-15)14-18(24)25;1-2-4-6-5-3-1/h2,4-8,11,21-22H,3,9-10,12-14H2,1H3,(H,20,23)(H,24,25);1-6H. The Morgan fingerprint density at radius 1 is 0.871 bits per heavy atom. The molecule has 0 amide bonds. The van der Waals surface area contributed by atoms with Crippen LogP contribution >= 0.6 is 0 Å². The number of aliphatic carboxylic acids is 1. The van der Waals surface area contributed by atoms with Gasteiger partial charge in [-0.25, -0.2) is 4.98 Å². The van der Waals surface area contributed by atoms with Gasteiger partial charge < -0.3 is 21.1 Å². The number of hydrogen-bond acceptors (Lipinski definition) is 5. The summed E-state index contributed by atoms with van der Waals surface area (Å²) in [7, 11) is 1.86. The molecule has 3 aromatic rings. The molecular weight excluding hydrogens is 388 g/mol. The lowest BCUT2D eigenvalue weighted by atomic mass is 10.1. The van der Waals surface area contributed by atoms with E-state index in [1.54, 1.807) is 6.20 Å². The summed E-state index contributed by atoms with van der Waals surface area (Å²) in [6.45, 7) is 2.74. The van der Waals surface area contributed by atoms with Crippen molar-refractivity contribution in [3.63, 3.8) is 0 Å². The average molecular weight is 421 g/mol. The van der Waals surface area contributed by atoms with Crippen molar-refractivity contribution in [2.24, 2.45) is 0 Å². The predicted octanol–water partition coefficient (Wildman–Crippen LogP) is 4.07. The molecule has 0 bridgehead atoms. The van der Waals surface area contributed by atoms with Crippen molar-refractivity contribution in [2.45, 2.75) is 19.3 Å². The zero-order valence-electron chi connectivity index (χ0n) is 18.1. The van der Waals surface area contributed by atoms with Gasteiger partial charge in [-0.05, 0) is 49.2 Å². The number of carboxylic acids is 1. The Morgan fingerprint density at radius 3 is 2.13 bits per heavy atom. The second kappa shape index (κ2) is 14.6. The number of carbonyl (C=O) groups is 1. The number of hydrogen-bond donors (Lipinski definition) is 4. The molecule has 6 heteroatoms. The number of aromatic nitrogens is 1. The Balaban J connectivity index is 0.000000488. The first-order valence-corrected chi connectivity index (χ1v) is 10.6. The molecule has 0 aliphatic rings. The molecule has 164 valence electrons. The highest BCUT2D eigenvalue weighted by Gasteiger charge is 2.01. The molecule has 1 heterocycles. The number of pyridine rings is 1. The summed E-state index contributed by atoms with van der Waals surface area (Å²) in [4.78, 5) is 14.9. The monoisotopic (exact) mass is 420 g/mol. The minimum Gasteiger partial charge on any atom is -0.481 e. The topological polar surface area (TPSA) is 86.3 Å². The van der Waals surface area contributed by atoms with Crippen molar-refractivity contribution >= 4 is 17.5 Å². The highest BCUT2D eigenvalue weighted by Crippen LogP contribution is 2.16. The Morgan fingerprint density at radius 2 is 1.52 bits per heavy atom. The van der Waals surface area contributed by atoms with Crippen LogP contribution in [0.4, 0.5) is 11.5 Å². The van der Waals surface area contributed by atoms with E-state index in [4.69, 9.17) is 5.11 Å². The minimum atomic E-state index is -0.795. The van der Waals surface area contributed by atoms with Gasteiger partial charge in [-0.3, -0.25) is 4.79 Å². The highest BCUT2D eigenvalue weighted by molar-refractivity contribution is 5.70. The molecule has 3 rings (SSSR count). The van der Waals surface area contributed by atoms with Gasteiger partial charge in [0.25, 0.3) is 0 Å². The van der Waals surface area contributed by atoms with Gasteiger partial charge in [0.1, 0.15) is 5.82 Å². The number of nitrogens with zero attached hydrogens (tertiary/aromatic N) is 1. The van der Waals surface area contributed by atoms with Gasteiger partial charge in [-0.2, -0.15) is 0 Å². The maximum atomic E-state index is 10.7. The Kier molecular flexibility index (Phi) is 11.2. The lowest BCUT2D eigenvalue weighted by molar-refractivity contribution is -0.136. The van der Waals surface area contributed by atoms with E-state index in [0.717, 1.165) is 49.5 Å². The summed E-state index contributed by atoms with van der Waals surface area (Å²) in [5.41, 5.74) is 3.08. The third kappa shape index (κ3) is 10.3. The average Bonchev–Trinajstić information content (AvgIpc) is 2.81. The van der Waals surface area contributed by atoms with Crippen molar-refractivity contribution < 1.29 is 9.90 Å². The molecule has 0 spiro atoms. The largest absolute Gasteiger partial charge is 0.481 e. The van der Waals surface area contributed by atoms with Gasteiger partial charge in [0, 0.05) is 19.8 Å². The van der Waals surface area contributed by atoms with E-state index in [1.165, 1.54) is 5.56 Å². The fourth-order valence-corrected chi connectivity index (χ4v) is 2.92. The van der Waals surface area contributed by atoms with Gasteiger partial charge in [0.2, 0.25) is 0 Å². The highest BCUT2D eigenvalue weighted by atomic mass is 16.4. The van der Waals surface area contributed by atoms with Gasteiger partial charge in [0.15, 0.2) is 0 Å². The van der Waals surface area contributed by atoms with E-state index in [1.807, 2.05) is 79.8 Å². The second-order valence-electron chi connectivity index (χ2n) is 6.97. The normalized spacial score (nSPS) is 9.97. The van der Waals surface area contributed by atoms with Gasteiger partial charge in [-0.1, -0.05) is 60.7 Å². The molecule has 2 aromatic carbocycles. The van der Waals surface area contributed by atoms with Gasteiger partial charge >= 0.3 is 5.97 Å². The molecular formula is C25H32N4O2. The van der Waals surface area contributed by atoms with E-state index in [9.17, 15) is 4.79 Å². The van der Waals surface area contributed by atoms with E-state index in [0.29, 0.717) is 0 Å². The summed E-state index contributed by atoms with van der Waals surface area (Å²) in [5, 5.41) is 18.6. The molecule has 1 aromatic heterocycles. The molecule has 4 N–H and O–H groups in total. The molecule has 0 aliphatic heterocycles. The first-order chi connectivity index (χ1) is 15.2. The van der Waals surface area contributed by atoms with E-state index < -0.39 is 5.97 Å². The number of anilines is 2. The van der Waals surface area contributed by atoms with Crippen LogP contribution in [0.3, 0.4) is 0 Å². The maximum Gasteiger partial charge on any atom is 0.307 e. The molecule has 0 atom stereocenters. The van der Waals surface area contributed by atoms with Crippen LogP contribution in [0.5, 0.6) is 0 Å². The summed E-state index contributed by atoms with van der Waals surface area (Å²) >= 11 is 0. The van der Waals surface area contributed by atoms with E-state index in [2.05, 4.69) is 20.9 Å². The molecule has 0 unspecified atom stereocenters. The lowest BCUT2D eigenvalue weighted by Crippen LogP contribution is -2.20. The van der Waals surface area contributed by atoms with Crippen LogP contribution in [-0.4, -0.2) is 42.7 Å². The number of nitrogens with one attached hydrogen (secondary N) is 3. The van der Waals surface area contributed by atoms with Crippen LogP contribution in [0, 0.1) is 0 Å². The zero-order chi connectivity index (χ0) is 22.2. The van der Waals surface area contributed by atoms with E-state index >= 15 is 0 Å². The summed E-state index contributed by atoms with van der Waals surface area (Å²) in [6, 6.07) is 23.7. The molecule has 31 heavy (non-hydrogen) atoms. The summed E-state index contributed by atoms with van der Waals surface area (Å²) in [5.74, 6) is 0.0675. The van der Waals surface area contributed by atoms with Crippen LogP contribution < -0.4 is 16.0 Å². The van der Waals surface area contributed by atoms with Crippen LogP contribution in [0.2, 0.25) is 0 Å². The molecule has 6 nitrogen and oxygen atoms in total.